The number of carbonyl (C=O) groups is 2. The van der Waals surface area contributed by atoms with E-state index in [1.807, 2.05) is 0 Å². The van der Waals surface area contributed by atoms with Crippen LogP contribution in [0.4, 0.5) is 0 Å². The molecule has 1 unspecified atom stereocenters. The zero-order chi connectivity index (χ0) is 11.0. The Balaban J connectivity index is 2.65. The molecule has 3 N–H and O–H groups in total. The van der Waals surface area contributed by atoms with Crippen molar-refractivity contribution in [3.8, 4) is 0 Å². The fourth-order valence-corrected chi connectivity index (χ4v) is 1.73. The summed E-state index contributed by atoms with van der Waals surface area (Å²) in [5, 5.41) is 8.95. The van der Waals surface area contributed by atoms with Crippen LogP contribution in [0, 0.1) is 0 Å². The molecular formula is C11H9NO3. The van der Waals surface area contributed by atoms with Crippen LogP contribution in [0.2, 0.25) is 0 Å². The van der Waals surface area contributed by atoms with Gasteiger partial charge in [-0.05, 0) is 5.56 Å². The number of carboxylic acids is 1. The van der Waals surface area contributed by atoms with Gasteiger partial charge in [0.2, 0.25) is 0 Å². The molecule has 1 aliphatic rings. The predicted molar refractivity (Wildman–Crippen MR) is 54.0 cm³/mol. The molecule has 1 aromatic carbocycles. The van der Waals surface area contributed by atoms with Gasteiger partial charge in [-0.25, -0.2) is 0 Å². The Labute approximate surface area is 86.0 Å². The number of ketones is 1. The van der Waals surface area contributed by atoms with Crippen LogP contribution in [0.1, 0.15) is 17.0 Å². The summed E-state index contributed by atoms with van der Waals surface area (Å²) in [6, 6.07) is 6.78. The lowest BCUT2D eigenvalue weighted by Gasteiger charge is -2.19. The number of benzene rings is 1. The average Bonchev–Trinajstić information content (AvgIpc) is 2.17. The van der Waals surface area contributed by atoms with Crippen molar-refractivity contribution in [1.82, 2.24) is 0 Å². The molecule has 0 aliphatic heterocycles. The first-order valence-corrected chi connectivity index (χ1v) is 4.44. The van der Waals surface area contributed by atoms with Crippen molar-refractivity contribution in [1.29, 1.82) is 0 Å². The maximum atomic E-state index is 11.5. The molecule has 76 valence electrons. The molecule has 1 aliphatic carbocycles. The van der Waals surface area contributed by atoms with E-state index in [-0.39, 0.29) is 0 Å². The Kier molecular flexibility index (Phi) is 2.04. The summed E-state index contributed by atoms with van der Waals surface area (Å²) < 4.78 is 0. The van der Waals surface area contributed by atoms with E-state index in [1.165, 1.54) is 6.08 Å². The number of carbonyl (C=O) groups excluding carboxylic acids is 1. The molecule has 0 aromatic heterocycles. The number of hydrogen-bond donors (Lipinski definition) is 2. The number of rotatable bonds is 1. The quantitative estimate of drug-likeness (QED) is 0.659. The van der Waals surface area contributed by atoms with Crippen LogP contribution in [0.5, 0.6) is 0 Å². The van der Waals surface area contributed by atoms with E-state index in [4.69, 9.17) is 10.8 Å². The fourth-order valence-electron chi connectivity index (χ4n) is 1.73. The lowest BCUT2D eigenvalue weighted by atomic mass is 9.85. The average molecular weight is 203 g/mol. The van der Waals surface area contributed by atoms with Gasteiger partial charge < -0.3 is 10.8 Å². The molecule has 0 bridgehead atoms. The summed E-state index contributed by atoms with van der Waals surface area (Å²) in [4.78, 5) is 22.4. The normalized spacial score (nSPS) is 19.3. The molecule has 1 atom stereocenters. The Hall–Kier alpha value is -2.10. The molecule has 0 saturated heterocycles. The van der Waals surface area contributed by atoms with Crippen LogP contribution in [0.15, 0.2) is 30.3 Å². The number of fused-ring (bicyclic) bond motifs is 1. The van der Waals surface area contributed by atoms with Gasteiger partial charge in [0, 0.05) is 17.3 Å². The molecule has 15 heavy (non-hydrogen) atoms. The molecule has 2 rings (SSSR count). The third-order valence-corrected chi connectivity index (χ3v) is 2.41. The van der Waals surface area contributed by atoms with Gasteiger partial charge in [-0.1, -0.05) is 24.3 Å². The minimum absolute atomic E-state index is 0.327. The summed E-state index contributed by atoms with van der Waals surface area (Å²) in [7, 11) is 0. The predicted octanol–water partition coefficient (Wildman–Crippen LogP) is 0.737. The van der Waals surface area contributed by atoms with Crippen molar-refractivity contribution in [3.05, 3.63) is 41.5 Å². The molecule has 0 spiro atoms. The molecule has 0 amide bonds. The zero-order valence-corrected chi connectivity index (χ0v) is 7.81. The highest BCUT2D eigenvalue weighted by Gasteiger charge is 2.32. The topological polar surface area (TPSA) is 80.4 Å². The van der Waals surface area contributed by atoms with Gasteiger partial charge in [-0.2, -0.15) is 0 Å². The van der Waals surface area contributed by atoms with E-state index in [9.17, 15) is 9.59 Å². The van der Waals surface area contributed by atoms with Crippen LogP contribution < -0.4 is 5.73 Å². The molecule has 0 saturated carbocycles. The van der Waals surface area contributed by atoms with E-state index in [2.05, 4.69) is 0 Å². The van der Waals surface area contributed by atoms with E-state index < -0.39 is 17.7 Å². The number of hydrogen-bond acceptors (Lipinski definition) is 3. The number of nitrogens with two attached hydrogens (primary N) is 1. The largest absolute Gasteiger partial charge is 0.480 e. The summed E-state index contributed by atoms with van der Waals surface area (Å²) in [5.41, 5.74) is 7.07. The Bertz CT molecular complexity index is 476. The van der Waals surface area contributed by atoms with E-state index in [0.29, 0.717) is 16.8 Å². The van der Waals surface area contributed by atoms with Gasteiger partial charge in [0.15, 0.2) is 5.78 Å². The van der Waals surface area contributed by atoms with Crippen LogP contribution in [0.3, 0.4) is 0 Å². The van der Waals surface area contributed by atoms with Gasteiger partial charge in [-0.3, -0.25) is 9.59 Å². The second-order valence-corrected chi connectivity index (χ2v) is 3.36. The highest BCUT2D eigenvalue weighted by molar-refractivity contribution is 6.14. The third-order valence-electron chi connectivity index (χ3n) is 2.41. The highest BCUT2D eigenvalue weighted by Crippen LogP contribution is 2.29. The molecule has 4 nitrogen and oxygen atoms in total. The Morgan fingerprint density at radius 1 is 1.33 bits per heavy atom. The second-order valence-electron chi connectivity index (χ2n) is 3.36. The van der Waals surface area contributed by atoms with Crippen LogP contribution >= 0.6 is 0 Å². The molecule has 0 fully saturated rings. The standard InChI is InChI=1S/C11H9NO3/c12-8-5-9(13)10(11(14)15)7-4-2-1-3-6(7)8/h1-5,10H,12H2,(H,14,15). The highest BCUT2D eigenvalue weighted by atomic mass is 16.4. The summed E-state index contributed by atoms with van der Waals surface area (Å²) in [6.45, 7) is 0. The number of allylic oxidation sites excluding steroid dienone is 1. The molecule has 0 heterocycles. The SMILES string of the molecule is NC1=CC(=O)C(C(=O)O)c2ccccc21. The van der Waals surface area contributed by atoms with Crippen molar-refractivity contribution in [3.63, 3.8) is 0 Å². The molecule has 4 heteroatoms. The van der Waals surface area contributed by atoms with Crippen LogP contribution in [-0.4, -0.2) is 16.9 Å². The molecule has 0 radical (unpaired) electrons. The van der Waals surface area contributed by atoms with Gasteiger partial charge in [0.1, 0.15) is 5.92 Å². The van der Waals surface area contributed by atoms with Crippen molar-refractivity contribution in [2.24, 2.45) is 5.73 Å². The summed E-state index contributed by atoms with van der Waals surface area (Å²) in [5.74, 6) is -2.73. The summed E-state index contributed by atoms with van der Waals surface area (Å²) >= 11 is 0. The molecular weight excluding hydrogens is 194 g/mol. The zero-order valence-electron chi connectivity index (χ0n) is 7.81. The minimum Gasteiger partial charge on any atom is -0.480 e. The minimum atomic E-state index is -1.14. The van der Waals surface area contributed by atoms with E-state index in [1.54, 1.807) is 24.3 Å². The molecule has 1 aromatic rings. The fraction of sp³-hybridized carbons (Fsp3) is 0.0909. The maximum Gasteiger partial charge on any atom is 0.318 e. The first-order valence-electron chi connectivity index (χ1n) is 4.44. The lowest BCUT2D eigenvalue weighted by Crippen LogP contribution is -2.26. The van der Waals surface area contributed by atoms with Gasteiger partial charge >= 0.3 is 5.97 Å². The number of carboxylic acid groups (broad SMARTS) is 1. The van der Waals surface area contributed by atoms with Crippen molar-refractivity contribution in [2.45, 2.75) is 5.92 Å². The number of aliphatic carboxylic acids is 1. The van der Waals surface area contributed by atoms with Crippen LogP contribution in [-0.2, 0) is 9.59 Å². The van der Waals surface area contributed by atoms with Gasteiger partial charge in [-0.15, -0.1) is 0 Å². The van der Waals surface area contributed by atoms with E-state index in [0.717, 1.165) is 0 Å². The Morgan fingerprint density at radius 3 is 2.67 bits per heavy atom. The smallest absolute Gasteiger partial charge is 0.318 e. The summed E-state index contributed by atoms with van der Waals surface area (Å²) in [6.07, 6.45) is 1.18. The first-order chi connectivity index (χ1) is 7.11. The third kappa shape index (κ3) is 1.40. The van der Waals surface area contributed by atoms with Gasteiger partial charge in [0.25, 0.3) is 0 Å². The first kappa shape index (κ1) is 9.45. The monoisotopic (exact) mass is 203 g/mol. The maximum absolute atomic E-state index is 11.5. The van der Waals surface area contributed by atoms with Crippen molar-refractivity contribution < 1.29 is 14.7 Å². The Morgan fingerprint density at radius 2 is 2.00 bits per heavy atom. The lowest BCUT2D eigenvalue weighted by molar-refractivity contribution is -0.141. The van der Waals surface area contributed by atoms with Crippen LogP contribution in [0.25, 0.3) is 5.70 Å². The van der Waals surface area contributed by atoms with Gasteiger partial charge in [0.05, 0.1) is 0 Å². The van der Waals surface area contributed by atoms with E-state index >= 15 is 0 Å². The second kappa shape index (κ2) is 3.24. The van der Waals surface area contributed by atoms with Crippen molar-refractivity contribution in [2.75, 3.05) is 0 Å². The van der Waals surface area contributed by atoms with Crippen molar-refractivity contribution >= 4 is 17.4 Å².